The summed E-state index contributed by atoms with van der Waals surface area (Å²) in [5, 5.41) is 2.86. The minimum absolute atomic E-state index is 0.308. The van der Waals surface area contributed by atoms with E-state index in [9.17, 15) is 14.4 Å². The quantitative estimate of drug-likeness (QED) is 0.777. The molecule has 2 amide bonds. The van der Waals surface area contributed by atoms with Crippen LogP contribution >= 0.6 is 0 Å². The maximum Gasteiger partial charge on any atom is 0.339 e. The van der Waals surface area contributed by atoms with Crippen molar-refractivity contribution in [3.05, 3.63) is 59.2 Å². The van der Waals surface area contributed by atoms with Gasteiger partial charge in [-0.15, -0.1) is 0 Å². The molecule has 29 heavy (non-hydrogen) atoms. The fourth-order valence-electron chi connectivity index (χ4n) is 3.89. The van der Waals surface area contributed by atoms with Gasteiger partial charge in [-0.1, -0.05) is 18.2 Å². The van der Waals surface area contributed by atoms with Crippen molar-refractivity contribution in [3.8, 4) is 0 Å². The third-order valence-electron chi connectivity index (χ3n) is 5.42. The highest BCUT2D eigenvalue weighted by Gasteiger charge is 2.31. The van der Waals surface area contributed by atoms with E-state index in [4.69, 9.17) is 10.5 Å². The van der Waals surface area contributed by atoms with Crippen molar-refractivity contribution in [2.75, 3.05) is 23.3 Å². The number of benzene rings is 2. The lowest BCUT2D eigenvalue weighted by Gasteiger charge is -2.31. The number of nitrogens with two attached hydrogens (primary N) is 1. The van der Waals surface area contributed by atoms with Crippen molar-refractivity contribution < 1.29 is 19.1 Å². The molecule has 0 aliphatic carbocycles. The summed E-state index contributed by atoms with van der Waals surface area (Å²) in [5.41, 5.74) is 8.35. The summed E-state index contributed by atoms with van der Waals surface area (Å²) >= 11 is 0. The van der Waals surface area contributed by atoms with Gasteiger partial charge in [-0.25, -0.2) is 4.79 Å². The summed E-state index contributed by atoms with van der Waals surface area (Å²) in [6.45, 7) is 1.76. The number of nitrogens with zero attached hydrogens (tertiary/aromatic N) is 1. The van der Waals surface area contributed by atoms with Gasteiger partial charge in [0.15, 0.2) is 6.10 Å². The Balaban J connectivity index is 1.59. The summed E-state index contributed by atoms with van der Waals surface area (Å²) in [5.74, 6) is -1.49. The minimum Gasteiger partial charge on any atom is -0.448 e. The Morgan fingerprint density at radius 1 is 1.07 bits per heavy atom. The van der Waals surface area contributed by atoms with E-state index in [0.717, 1.165) is 37.2 Å². The van der Waals surface area contributed by atoms with Crippen LogP contribution in [0.15, 0.2) is 42.5 Å². The molecule has 1 saturated heterocycles. The summed E-state index contributed by atoms with van der Waals surface area (Å²) in [6.07, 6.45) is 2.70. The predicted molar refractivity (Wildman–Crippen MR) is 109 cm³/mol. The number of ether oxygens (including phenoxy) is 1. The Morgan fingerprint density at radius 2 is 1.83 bits per heavy atom. The second-order valence-corrected chi connectivity index (χ2v) is 7.39. The highest BCUT2D eigenvalue weighted by molar-refractivity contribution is 6.03. The number of anilines is 2. The highest BCUT2D eigenvalue weighted by Crippen LogP contribution is 2.30. The lowest BCUT2D eigenvalue weighted by Crippen LogP contribution is -2.38. The number of primary amides is 1. The molecule has 2 heterocycles. The number of hydrogen-bond donors (Lipinski definition) is 2. The maximum absolute atomic E-state index is 12.9. The molecular weight excluding hydrogens is 370 g/mol. The molecule has 0 bridgehead atoms. The van der Waals surface area contributed by atoms with Crippen LogP contribution in [0.5, 0.6) is 0 Å². The standard InChI is InChI=1S/C22H23N3O4/c23-20(26)15-8-9-18(25-10-4-1-5-11-25)17(12-15)24-21(27)19-13-14-6-2-3-7-16(14)22(28)29-19/h2-3,6-9,12,19H,1,4-5,10-11,13H2,(H2,23,26)(H,24,27). The first-order valence-electron chi connectivity index (χ1n) is 9.81. The van der Waals surface area contributed by atoms with Crippen molar-refractivity contribution in [3.63, 3.8) is 0 Å². The Kier molecular flexibility index (Phi) is 5.20. The van der Waals surface area contributed by atoms with E-state index < -0.39 is 23.9 Å². The summed E-state index contributed by atoms with van der Waals surface area (Å²) < 4.78 is 5.35. The molecule has 2 aliphatic rings. The summed E-state index contributed by atoms with van der Waals surface area (Å²) in [4.78, 5) is 39.0. The summed E-state index contributed by atoms with van der Waals surface area (Å²) in [7, 11) is 0. The zero-order valence-corrected chi connectivity index (χ0v) is 16.0. The number of hydrogen-bond acceptors (Lipinski definition) is 5. The van der Waals surface area contributed by atoms with Crippen molar-refractivity contribution in [1.82, 2.24) is 0 Å². The molecule has 0 radical (unpaired) electrons. The number of piperidine rings is 1. The fraction of sp³-hybridized carbons (Fsp3) is 0.318. The van der Waals surface area contributed by atoms with Crippen LogP contribution in [0.25, 0.3) is 0 Å². The molecule has 2 aromatic carbocycles. The molecule has 0 saturated carbocycles. The molecule has 0 aromatic heterocycles. The van der Waals surface area contributed by atoms with Gasteiger partial charge >= 0.3 is 5.97 Å². The van der Waals surface area contributed by atoms with Gasteiger partial charge in [0.05, 0.1) is 16.9 Å². The van der Waals surface area contributed by atoms with Crippen molar-refractivity contribution in [2.45, 2.75) is 31.8 Å². The minimum atomic E-state index is -0.927. The van der Waals surface area contributed by atoms with E-state index in [1.54, 1.807) is 24.3 Å². The molecule has 7 heteroatoms. The summed E-state index contributed by atoms with van der Waals surface area (Å²) in [6, 6.07) is 12.2. The van der Waals surface area contributed by atoms with Gasteiger partial charge in [-0.05, 0) is 49.1 Å². The van der Waals surface area contributed by atoms with Gasteiger partial charge < -0.3 is 20.7 Å². The second-order valence-electron chi connectivity index (χ2n) is 7.39. The van der Waals surface area contributed by atoms with Gasteiger partial charge in [0.1, 0.15) is 0 Å². The van der Waals surface area contributed by atoms with Gasteiger partial charge in [0, 0.05) is 25.1 Å². The molecule has 0 spiro atoms. The number of esters is 1. The first-order valence-corrected chi connectivity index (χ1v) is 9.81. The van der Waals surface area contributed by atoms with E-state index >= 15 is 0 Å². The Bertz CT molecular complexity index is 966. The van der Waals surface area contributed by atoms with Gasteiger partial charge in [-0.3, -0.25) is 9.59 Å². The lowest BCUT2D eigenvalue weighted by molar-refractivity contribution is -0.125. The van der Waals surface area contributed by atoms with Crippen molar-refractivity contribution >= 4 is 29.2 Å². The van der Waals surface area contributed by atoms with E-state index in [0.29, 0.717) is 23.2 Å². The van der Waals surface area contributed by atoms with Crippen LogP contribution in [-0.2, 0) is 16.0 Å². The molecule has 4 rings (SSSR count). The third-order valence-corrected chi connectivity index (χ3v) is 5.42. The molecule has 1 atom stereocenters. The van der Waals surface area contributed by atoms with Crippen LogP contribution in [0.4, 0.5) is 11.4 Å². The number of rotatable bonds is 4. The average molecular weight is 393 g/mol. The second kappa shape index (κ2) is 7.95. The van der Waals surface area contributed by atoms with Crippen LogP contribution in [0, 0.1) is 0 Å². The molecule has 3 N–H and O–H groups in total. The fourth-order valence-corrected chi connectivity index (χ4v) is 3.89. The van der Waals surface area contributed by atoms with E-state index in [1.165, 1.54) is 6.42 Å². The van der Waals surface area contributed by atoms with Gasteiger partial charge in [0.2, 0.25) is 5.91 Å². The highest BCUT2D eigenvalue weighted by atomic mass is 16.5. The molecule has 2 aliphatic heterocycles. The van der Waals surface area contributed by atoms with E-state index in [1.807, 2.05) is 18.2 Å². The number of carbonyl (C=O) groups excluding carboxylic acids is 3. The molecule has 2 aromatic rings. The zero-order chi connectivity index (χ0) is 20.4. The zero-order valence-electron chi connectivity index (χ0n) is 16.0. The predicted octanol–water partition coefficient (Wildman–Crippen LogP) is 2.50. The molecule has 150 valence electrons. The molecular formula is C22H23N3O4. The average Bonchev–Trinajstić information content (AvgIpc) is 2.74. The Labute approximate surface area is 168 Å². The first-order chi connectivity index (χ1) is 14.0. The molecule has 7 nitrogen and oxygen atoms in total. The lowest BCUT2D eigenvalue weighted by atomic mass is 9.98. The Hall–Kier alpha value is -3.35. The van der Waals surface area contributed by atoms with Crippen molar-refractivity contribution in [2.24, 2.45) is 5.73 Å². The number of carbonyl (C=O) groups is 3. The van der Waals surface area contributed by atoms with Crippen LogP contribution in [0.3, 0.4) is 0 Å². The number of amides is 2. The van der Waals surface area contributed by atoms with Crippen LogP contribution in [0.2, 0.25) is 0 Å². The van der Waals surface area contributed by atoms with E-state index in [-0.39, 0.29) is 0 Å². The van der Waals surface area contributed by atoms with E-state index in [2.05, 4.69) is 10.2 Å². The first kappa shape index (κ1) is 19.0. The molecule has 1 fully saturated rings. The largest absolute Gasteiger partial charge is 0.448 e. The Morgan fingerprint density at radius 3 is 2.59 bits per heavy atom. The smallest absolute Gasteiger partial charge is 0.339 e. The van der Waals surface area contributed by atoms with Crippen LogP contribution < -0.4 is 16.0 Å². The van der Waals surface area contributed by atoms with Gasteiger partial charge in [0.25, 0.3) is 5.91 Å². The van der Waals surface area contributed by atoms with Gasteiger partial charge in [-0.2, -0.15) is 0 Å². The normalized spacial score (nSPS) is 18.6. The third kappa shape index (κ3) is 3.94. The SMILES string of the molecule is NC(=O)c1ccc(N2CCCCC2)c(NC(=O)C2Cc3ccccc3C(=O)O2)c1. The number of cyclic esters (lactones) is 1. The number of nitrogens with one attached hydrogen (secondary N) is 1. The maximum atomic E-state index is 12.9. The topological polar surface area (TPSA) is 102 Å². The molecule has 1 unspecified atom stereocenters. The number of fused-ring (bicyclic) bond motifs is 1. The monoisotopic (exact) mass is 393 g/mol. The van der Waals surface area contributed by atoms with Crippen molar-refractivity contribution in [1.29, 1.82) is 0 Å². The van der Waals surface area contributed by atoms with Crippen LogP contribution in [0.1, 0.15) is 45.5 Å². The van der Waals surface area contributed by atoms with Crippen LogP contribution in [-0.4, -0.2) is 37.0 Å².